The third-order valence-corrected chi connectivity index (χ3v) is 3.77. The molecular formula is C18H15N3O5. The number of nitrogens with one attached hydrogen (secondary N) is 1. The summed E-state index contributed by atoms with van der Waals surface area (Å²) in [5.41, 5.74) is 1.09. The SMILES string of the molecule is COc1cccc(C(=O)Nc2nnc(-c3ccc4c(c3)OCCO4)o2)c1. The molecule has 0 saturated carbocycles. The van der Waals surface area contributed by atoms with Crippen LogP contribution in [-0.4, -0.2) is 36.4 Å². The van der Waals surface area contributed by atoms with Crippen LogP contribution < -0.4 is 19.5 Å². The molecular weight excluding hydrogens is 338 g/mol. The fraction of sp³-hybridized carbons (Fsp3) is 0.167. The van der Waals surface area contributed by atoms with Gasteiger partial charge in [-0.2, -0.15) is 0 Å². The van der Waals surface area contributed by atoms with Crippen molar-refractivity contribution in [3.05, 3.63) is 48.0 Å². The van der Waals surface area contributed by atoms with Crippen LogP contribution in [0.3, 0.4) is 0 Å². The van der Waals surface area contributed by atoms with E-state index in [4.69, 9.17) is 18.6 Å². The van der Waals surface area contributed by atoms with E-state index in [2.05, 4.69) is 15.5 Å². The Kier molecular flexibility index (Phi) is 4.14. The molecule has 0 radical (unpaired) electrons. The maximum absolute atomic E-state index is 12.3. The Morgan fingerprint density at radius 1 is 1.08 bits per heavy atom. The van der Waals surface area contributed by atoms with E-state index in [-0.39, 0.29) is 17.8 Å². The van der Waals surface area contributed by atoms with Crippen LogP contribution in [-0.2, 0) is 0 Å². The van der Waals surface area contributed by atoms with Gasteiger partial charge in [-0.05, 0) is 36.4 Å². The second kappa shape index (κ2) is 6.75. The standard InChI is InChI=1S/C18H15N3O5/c1-23-13-4-2-3-11(9-13)16(22)19-18-21-20-17(26-18)12-5-6-14-15(10-12)25-8-7-24-14/h2-6,9-10H,7-8H2,1H3,(H,19,21,22). The molecule has 132 valence electrons. The van der Waals surface area contributed by atoms with Gasteiger partial charge in [0.05, 0.1) is 7.11 Å². The number of methoxy groups -OCH3 is 1. The molecule has 0 unspecified atom stereocenters. The third kappa shape index (κ3) is 3.16. The lowest BCUT2D eigenvalue weighted by molar-refractivity contribution is 0.102. The number of rotatable bonds is 4. The molecule has 8 heteroatoms. The van der Waals surface area contributed by atoms with Gasteiger partial charge < -0.3 is 18.6 Å². The zero-order valence-electron chi connectivity index (χ0n) is 13.9. The number of aromatic nitrogens is 2. The number of carbonyl (C=O) groups is 1. The molecule has 1 aromatic heterocycles. The van der Waals surface area contributed by atoms with Crippen molar-refractivity contribution in [1.29, 1.82) is 0 Å². The number of nitrogens with zero attached hydrogens (tertiary/aromatic N) is 2. The maximum Gasteiger partial charge on any atom is 0.322 e. The first-order valence-corrected chi connectivity index (χ1v) is 7.92. The number of fused-ring (bicyclic) bond motifs is 1. The van der Waals surface area contributed by atoms with Crippen molar-refractivity contribution in [3.8, 4) is 28.7 Å². The summed E-state index contributed by atoms with van der Waals surface area (Å²) in [5, 5.41) is 10.4. The van der Waals surface area contributed by atoms with Gasteiger partial charge in [0, 0.05) is 11.1 Å². The minimum Gasteiger partial charge on any atom is -0.497 e. The number of hydrogen-bond acceptors (Lipinski definition) is 7. The molecule has 1 amide bonds. The van der Waals surface area contributed by atoms with Gasteiger partial charge in [0.25, 0.3) is 5.91 Å². The summed E-state index contributed by atoms with van der Waals surface area (Å²) in [4.78, 5) is 12.3. The number of anilines is 1. The highest BCUT2D eigenvalue weighted by Crippen LogP contribution is 2.34. The summed E-state index contributed by atoms with van der Waals surface area (Å²) in [6, 6.07) is 12.1. The van der Waals surface area contributed by atoms with Crippen molar-refractivity contribution in [3.63, 3.8) is 0 Å². The van der Waals surface area contributed by atoms with E-state index in [1.807, 2.05) is 0 Å². The maximum atomic E-state index is 12.3. The highest BCUT2D eigenvalue weighted by molar-refractivity contribution is 6.03. The predicted molar refractivity (Wildman–Crippen MR) is 91.7 cm³/mol. The van der Waals surface area contributed by atoms with E-state index in [9.17, 15) is 4.79 Å². The fourth-order valence-electron chi connectivity index (χ4n) is 2.50. The van der Waals surface area contributed by atoms with Crippen molar-refractivity contribution in [2.45, 2.75) is 0 Å². The molecule has 1 aliphatic heterocycles. The van der Waals surface area contributed by atoms with Crippen LogP contribution in [0.4, 0.5) is 6.01 Å². The van der Waals surface area contributed by atoms with Gasteiger partial charge in [0.15, 0.2) is 11.5 Å². The monoisotopic (exact) mass is 353 g/mol. The van der Waals surface area contributed by atoms with Gasteiger partial charge in [-0.15, -0.1) is 5.10 Å². The van der Waals surface area contributed by atoms with Crippen molar-refractivity contribution < 1.29 is 23.4 Å². The molecule has 2 aromatic carbocycles. The van der Waals surface area contributed by atoms with E-state index in [0.29, 0.717) is 41.6 Å². The van der Waals surface area contributed by atoms with E-state index in [1.165, 1.54) is 7.11 Å². The topological polar surface area (TPSA) is 95.7 Å². The van der Waals surface area contributed by atoms with Gasteiger partial charge >= 0.3 is 6.01 Å². The van der Waals surface area contributed by atoms with Crippen LogP contribution in [0.1, 0.15) is 10.4 Å². The zero-order chi connectivity index (χ0) is 17.9. The molecule has 0 bridgehead atoms. The lowest BCUT2D eigenvalue weighted by Gasteiger charge is -2.18. The second-order valence-electron chi connectivity index (χ2n) is 5.46. The second-order valence-corrected chi connectivity index (χ2v) is 5.46. The minimum absolute atomic E-state index is 0.00251. The summed E-state index contributed by atoms with van der Waals surface area (Å²) in [6.07, 6.45) is 0. The van der Waals surface area contributed by atoms with E-state index in [0.717, 1.165) is 0 Å². The molecule has 1 aliphatic rings. The van der Waals surface area contributed by atoms with Gasteiger partial charge in [0.1, 0.15) is 19.0 Å². The molecule has 4 rings (SSSR count). The van der Waals surface area contributed by atoms with Crippen LogP contribution in [0.15, 0.2) is 46.9 Å². The summed E-state index contributed by atoms with van der Waals surface area (Å²) < 4.78 is 21.7. The predicted octanol–water partition coefficient (Wildman–Crippen LogP) is 2.77. The van der Waals surface area contributed by atoms with Crippen LogP contribution in [0.2, 0.25) is 0 Å². The zero-order valence-corrected chi connectivity index (χ0v) is 13.9. The van der Waals surface area contributed by atoms with E-state index < -0.39 is 0 Å². The van der Waals surface area contributed by atoms with Gasteiger partial charge in [0.2, 0.25) is 5.89 Å². The van der Waals surface area contributed by atoms with Gasteiger partial charge in [-0.25, -0.2) is 0 Å². The van der Waals surface area contributed by atoms with Crippen LogP contribution in [0.25, 0.3) is 11.5 Å². The third-order valence-electron chi connectivity index (χ3n) is 3.77. The van der Waals surface area contributed by atoms with Crippen molar-refractivity contribution in [1.82, 2.24) is 10.2 Å². The number of ether oxygens (including phenoxy) is 3. The number of benzene rings is 2. The van der Waals surface area contributed by atoms with Gasteiger partial charge in [-0.1, -0.05) is 11.2 Å². The van der Waals surface area contributed by atoms with Crippen molar-refractivity contribution in [2.24, 2.45) is 0 Å². The Labute approximate surface area is 148 Å². The van der Waals surface area contributed by atoms with Crippen molar-refractivity contribution >= 4 is 11.9 Å². The van der Waals surface area contributed by atoms with E-state index >= 15 is 0 Å². The molecule has 0 spiro atoms. The Hall–Kier alpha value is -3.55. The molecule has 26 heavy (non-hydrogen) atoms. The average Bonchev–Trinajstić information content (AvgIpc) is 3.16. The Balaban J connectivity index is 1.52. The average molecular weight is 353 g/mol. The minimum atomic E-state index is -0.374. The molecule has 8 nitrogen and oxygen atoms in total. The number of amides is 1. The molecule has 1 N–H and O–H groups in total. The molecule has 0 saturated heterocycles. The number of carbonyl (C=O) groups excluding carboxylic acids is 1. The summed E-state index contributed by atoms with van der Waals surface area (Å²) in [7, 11) is 1.54. The quantitative estimate of drug-likeness (QED) is 0.770. The van der Waals surface area contributed by atoms with Crippen LogP contribution in [0.5, 0.6) is 17.2 Å². The highest BCUT2D eigenvalue weighted by Gasteiger charge is 2.17. The van der Waals surface area contributed by atoms with Crippen molar-refractivity contribution in [2.75, 3.05) is 25.6 Å². The first kappa shape index (κ1) is 15.9. The first-order valence-electron chi connectivity index (χ1n) is 7.92. The highest BCUT2D eigenvalue weighted by atomic mass is 16.6. The van der Waals surface area contributed by atoms with Crippen LogP contribution in [0, 0.1) is 0 Å². The number of hydrogen-bond donors (Lipinski definition) is 1. The summed E-state index contributed by atoms with van der Waals surface area (Å²) in [5.74, 6) is 1.77. The largest absolute Gasteiger partial charge is 0.497 e. The molecule has 2 heterocycles. The fourth-order valence-corrected chi connectivity index (χ4v) is 2.50. The molecule has 0 atom stereocenters. The summed E-state index contributed by atoms with van der Waals surface area (Å²) in [6.45, 7) is 1.01. The van der Waals surface area contributed by atoms with Crippen LogP contribution >= 0.6 is 0 Å². The normalized spacial score (nSPS) is 12.5. The Bertz CT molecular complexity index is 954. The summed E-state index contributed by atoms with van der Waals surface area (Å²) >= 11 is 0. The molecule has 3 aromatic rings. The van der Waals surface area contributed by atoms with Gasteiger partial charge in [-0.3, -0.25) is 10.1 Å². The smallest absolute Gasteiger partial charge is 0.322 e. The first-order chi connectivity index (χ1) is 12.7. The lowest BCUT2D eigenvalue weighted by atomic mass is 10.2. The molecule has 0 fully saturated rings. The lowest BCUT2D eigenvalue weighted by Crippen LogP contribution is -2.15. The molecule has 0 aliphatic carbocycles. The Morgan fingerprint density at radius 2 is 1.92 bits per heavy atom. The van der Waals surface area contributed by atoms with E-state index in [1.54, 1.807) is 42.5 Å². The Morgan fingerprint density at radius 3 is 2.77 bits per heavy atom.